The van der Waals surface area contributed by atoms with E-state index in [1.54, 1.807) is 6.92 Å². The maximum Gasteiger partial charge on any atom is 0.219 e. The third kappa shape index (κ3) is 2.11. The molecule has 1 saturated carbocycles. The summed E-state index contributed by atoms with van der Waals surface area (Å²) in [5.74, 6) is 1.13. The van der Waals surface area contributed by atoms with Gasteiger partial charge in [-0.2, -0.15) is 0 Å². The number of likely N-dealkylation sites (tertiary alicyclic amines) is 1. The quantitative estimate of drug-likeness (QED) is 0.618. The lowest BCUT2D eigenvalue weighted by Gasteiger charge is -2.54. The van der Waals surface area contributed by atoms with Gasteiger partial charge >= 0.3 is 0 Å². The number of carbonyl (C=O) groups is 1. The van der Waals surface area contributed by atoms with E-state index in [1.807, 2.05) is 4.90 Å². The van der Waals surface area contributed by atoms with Gasteiger partial charge in [0.15, 0.2) is 0 Å². The lowest BCUT2D eigenvalue weighted by molar-refractivity contribution is -0.144. The Hall–Kier alpha value is -0.530. The molecule has 0 aromatic carbocycles. The second-order valence-electron chi connectivity index (χ2n) is 7.02. The SMILES string of the molecule is CC(=O)N1CC2(CCC(C(C)(C)C)CC2)C1. The third-order valence-electron chi connectivity index (χ3n) is 4.77. The van der Waals surface area contributed by atoms with E-state index in [1.165, 1.54) is 25.7 Å². The van der Waals surface area contributed by atoms with Crippen molar-refractivity contribution in [3.05, 3.63) is 0 Å². The lowest BCUT2D eigenvalue weighted by Crippen LogP contribution is -2.59. The molecule has 1 aliphatic heterocycles. The molecule has 2 heteroatoms. The smallest absolute Gasteiger partial charge is 0.219 e. The summed E-state index contributed by atoms with van der Waals surface area (Å²) in [4.78, 5) is 13.2. The van der Waals surface area contributed by atoms with Crippen molar-refractivity contribution in [1.82, 2.24) is 4.90 Å². The molecule has 1 aliphatic carbocycles. The molecular formula is C14H25NO. The van der Waals surface area contributed by atoms with Crippen LogP contribution in [-0.4, -0.2) is 23.9 Å². The Morgan fingerprint density at radius 1 is 1.19 bits per heavy atom. The Kier molecular flexibility index (Phi) is 2.80. The van der Waals surface area contributed by atoms with Crippen LogP contribution < -0.4 is 0 Å². The van der Waals surface area contributed by atoms with Gasteiger partial charge in [0, 0.05) is 25.4 Å². The normalized spacial score (nSPS) is 25.6. The van der Waals surface area contributed by atoms with Crippen LogP contribution in [0.15, 0.2) is 0 Å². The van der Waals surface area contributed by atoms with E-state index in [2.05, 4.69) is 20.8 Å². The van der Waals surface area contributed by atoms with E-state index >= 15 is 0 Å². The van der Waals surface area contributed by atoms with Crippen LogP contribution in [0.1, 0.15) is 53.4 Å². The molecule has 2 aliphatic rings. The van der Waals surface area contributed by atoms with E-state index in [-0.39, 0.29) is 5.91 Å². The van der Waals surface area contributed by atoms with E-state index in [0.717, 1.165) is 19.0 Å². The van der Waals surface area contributed by atoms with Gasteiger partial charge in [-0.3, -0.25) is 4.79 Å². The largest absolute Gasteiger partial charge is 0.342 e. The molecule has 2 nitrogen and oxygen atoms in total. The van der Waals surface area contributed by atoms with Gasteiger partial charge in [-0.05, 0) is 37.0 Å². The van der Waals surface area contributed by atoms with Crippen LogP contribution in [0, 0.1) is 16.7 Å². The summed E-state index contributed by atoms with van der Waals surface area (Å²) in [6.45, 7) is 10.8. The summed E-state index contributed by atoms with van der Waals surface area (Å²) in [6, 6.07) is 0. The first kappa shape index (κ1) is 11.9. The zero-order valence-electron chi connectivity index (χ0n) is 11.2. The molecule has 0 unspecified atom stereocenters. The number of hydrogen-bond acceptors (Lipinski definition) is 1. The molecule has 0 N–H and O–H groups in total. The van der Waals surface area contributed by atoms with E-state index in [9.17, 15) is 4.79 Å². The highest BCUT2D eigenvalue weighted by Crippen LogP contribution is 2.49. The predicted octanol–water partition coefficient (Wildman–Crippen LogP) is 3.07. The fraction of sp³-hybridized carbons (Fsp3) is 0.929. The number of rotatable bonds is 0. The van der Waals surface area contributed by atoms with Gasteiger partial charge in [0.2, 0.25) is 5.91 Å². The van der Waals surface area contributed by atoms with Gasteiger partial charge in [-0.15, -0.1) is 0 Å². The van der Waals surface area contributed by atoms with Crippen LogP contribution >= 0.6 is 0 Å². The van der Waals surface area contributed by atoms with Gasteiger partial charge < -0.3 is 4.90 Å². The van der Waals surface area contributed by atoms with Gasteiger partial charge in [-0.25, -0.2) is 0 Å². The fourth-order valence-corrected chi connectivity index (χ4v) is 3.40. The summed E-state index contributed by atoms with van der Waals surface area (Å²) in [7, 11) is 0. The predicted molar refractivity (Wildman–Crippen MR) is 66.1 cm³/mol. The Morgan fingerprint density at radius 3 is 2.06 bits per heavy atom. The standard InChI is InChI=1S/C14H25NO/c1-11(16)15-9-14(10-15)7-5-12(6-8-14)13(2,3)4/h12H,5-10H2,1-4H3. The Balaban J connectivity index is 1.85. The highest BCUT2D eigenvalue weighted by Gasteiger charge is 2.47. The molecule has 1 spiro atoms. The van der Waals surface area contributed by atoms with E-state index < -0.39 is 0 Å². The minimum atomic E-state index is 0.253. The molecule has 1 amide bonds. The van der Waals surface area contributed by atoms with Crippen molar-refractivity contribution >= 4 is 5.91 Å². The molecule has 92 valence electrons. The first-order valence-corrected chi connectivity index (χ1v) is 6.58. The average Bonchev–Trinajstić information content (AvgIpc) is 2.12. The summed E-state index contributed by atoms with van der Waals surface area (Å²) >= 11 is 0. The second kappa shape index (κ2) is 3.75. The summed E-state index contributed by atoms with van der Waals surface area (Å²) in [5, 5.41) is 0. The lowest BCUT2D eigenvalue weighted by atomic mass is 9.61. The first-order chi connectivity index (χ1) is 7.32. The molecule has 0 atom stereocenters. The number of hydrogen-bond donors (Lipinski definition) is 0. The first-order valence-electron chi connectivity index (χ1n) is 6.58. The highest BCUT2D eigenvalue weighted by atomic mass is 16.2. The number of carbonyl (C=O) groups excluding carboxylic acids is 1. The van der Waals surface area contributed by atoms with E-state index in [4.69, 9.17) is 0 Å². The van der Waals surface area contributed by atoms with Gasteiger partial charge in [-0.1, -0.05) is 20.8 Å². The monoisotopic (exact) mass is 223 g/mol. The zero-order valence-corrected chi connectivity index (χ0v) is 11.2. The van der Waals surface area contributed by atoms with Crippen molar-refractivity contribution in [2.24, 2.45) is 16.7 Å². The molecule has 1 saturated heterocycles. The molecule has 0 radical (unpaired) electrons. The molecule has 1 heterocycles. The van der Waals surface area contributed by atoms with Crippen LogP contribution in [0.2, 0.25) is 0 Å². The maximum absolute atomic E-state index is 11.2. The summed E-state index contributed by atoms with van der Waals surface area (Å²) in [5.41, 5.74) is 0.971. The molecule has 0 aromatic rings. The highest BCUT2D eigenvalue weighted by molar-refractivity contribution is 5.74. The van der Waals surface area contributed by atoms with Crippen LogP contribution in [0.5, 0.6) is 0 Å². The Morgan fingerprint density at radius 2 is 1.69 bits per heavy atom. The van der Waals surface area contributed by atoms with E-state index in [0.29, 0.717) is 10.8 Å². The van der Waals surface area contributed by atoms with Gasteiger partial charge in [0.1, 0.15) is 0 Å². The molecule has 0 bridgehead atoms. The Labute approximate surface area is 99.4 Å². The fourth-order valence-electron chi connectivity index (χ4n) is 3.40. The Bertz CT molecular complexity index is 274. The third-order valence-corrected chi connectivity index (χ3v) is 4.77. The maximum atomic E-state index is 11.2. The van der Waals surface area contributed by atoms with Crippen molar-refractivity contribution in [3.63, 3.8) is 0 Å². The van der Waals surface area contributed by atoms with Crippen LogP contribution in [-0.2, 0) is 4.79 Å². The van der Waals surface area contributed by atoms with Crippen molar-refractivity contribution in [1.29, 1.82) is 0 Å². The average molecular weight is 223 g/mol. The minimum Gasteiger partial charge on any atom is -0.342 e. The van der Waals surface area contributed by atoms with Crippen molar-refractivity contribution in [3.8, 4) is 0 Å². The molecule has 2 rings (SSSR count). The zero-order chi connectivity index (χ0) is 12.0. The van der Waals surface area contributed by atoms with Gasteiger partial charge in [0.25, 0.3) is 0 Å². The van der Waals surface area contributed by atoms with Crippen LogP contribution in [0.25, 0.3) is 0 Å². The van der Waals surface area contributed by atoms with Gasteiger partial charge in [0.05, 0.1) is 0 Å². The van der Waals surface area contributed by atoms with Crippen LogP contribution in [0.4, 0.5) is 0 Å². The molecule has 16 heavy (non-hydrogen) atoms. The minimum absolute atomic E-state index is 0.253. The number of amides is 1. The topological polar surface area (TPSA) is 20.3 Å². The summed E-state index contributed by atoms with van der Waals surface area (Å²) in [6.07, 6.45) is 5.38. The second-order valence-corrected chi connectivity index (χ2v) is 7.02. The van der Waals surface area contributed by atoms with Crippen molar-refractivity contribution in [2.45, 2.75) is 53.4 Å². The summed E-state index contributed by atoms with van der Waals surface area (Å²) < 4.78 is 0. The van der Waals surface area contributed by atoms with Crippen molar-refractivity contribution in [2.75, 3.05) is 13.1 Å². The molecular weight excluding hydrogens is 198 g/mol. The van der Waals surface area contributed by atoms with Crippen molar-refractivity contribution < 1.29 is 4.79 Å². The van der Waals surface area contributed by atoms with Crippen LogP contribution in [0.3, 0.4) is 0 Å². The number of nitrogens with zero attached hydrogens (tertiary/aromatic N) is 1. The molecule has 0 aromatic heterocycles. The molecule has 2 fully saturated rings.